The molecule has 1 aliphatic rings. The van der Waals surface area contributed by atoms with Crippen LogP contribution in [-0.2, 0) is 4.74 Å². The van der Waals surface area contributed by atoms with Crippen LogP contribution in [0.5, 0.6) is 0 Å². The Balaban J connectivity index is 1.64. The van der Waals surface area contributed by atoms with E-state index in [1.807, 2.05) is 37.5 Å². The average Bonchev–Trinajstić information content (AvgIpc) is 3.12. The Kier molecular flexibility index (Phi) is 5.45. The number of likely N-dealkylation sites (tertiary alicyclic amines) is 1. The molecule has 2 aromatic carbocycles. The fourth-order valence-electron chi connectivity index (χ4n) is 4.17. The van der Waals surface area contributed by atoms with Gasteiger partial charge in [-0.2, -0.15) is 5.26 Å². The summed E-state index contributed by atoms with van der Waals surface area (Å²) in [5.74, 6) is -0.0152. The maximum absolute atomic E-state index is 13.4. The van der Waals surface area contributed by atoms with Gasteiger partial charge in [0.05, 0.1) is 17.1 Å². The Bertz CT molecular complexity index is 1140. The van der Waals surface area contributed by atoms with Crippen LogP contribution in [0.2, 0.25) is 0 Å². The molecule has 4 rings (SSSR count). The molecule has 0 bridgehead atoms. The minimum atomic E-state index is -0.510. The molecule has 160 valence electrons. The summed E-state index contributed by atoms with van der Waals surface area (Å²) in [5.41, 5.74) is 3.10. The predicted molar refractivity (Wildman–Crippen MR) is 118 cm³/mol. The third kappa shape index (κ3) is 4.41. The van der Waals surface area contributed by atoms with Crippen molar-refractivity contribution in [3.63, 3.8) is 0 Å². The number of halogens is 1. The zero-order chi connectivity index (χ0) is 22.2. The first-order chi connectivity index (χ1) is 14.7. The van der Waals surface area contributed by atoms with Gasteiger partial charge in [0, 0.05) is 30.4 Å². The topological polar surface area (TPSA) is 58.3 Å². The van der Waals surface area contributed by atoms with Crippen molar-refractivity contribution >= 4 is 17.0 Å². The number of nitriles is 1. The van der Waals surface area contributed by atoms with Crippen LogP contribution < -0.4 is 0 Å². The number of ether oxygens (including phenoxy) is 1. The van der Waals surface area contributed by atoms with Crippen molar-refractivity contribution in [1.29, 1.82) is 5.26 Å². The normalized spacial score (nSPS) is 15.1. The lowest BCUT2D eigenvalue weighted by atomic mass is 9.89. The maximum Gasteiger partial charge on any atom is 0.410 e. The molecule has 0 unspecified atom stereocenters. The van der Waals surface area contributed by atoms with E-state index in [1.54, 1.807) is 23.1 Å². The lowest BCUT2D eigenvalue weighted by molar-refractivity contribution is 0.0205. The van der Waals surface area contributed by atoms with Crippen molar-refractivity contribution in [2.45, 2.75) is 45.1 Å². The van der Waals surface area contributed by atoms with E-state index in [0.717, 1.165) is 35.0 Å². The molecule has 0 atom stereocenters. The van der Waals surface area contributed by atoms with Crippen molar-refractivity contribution in [2.75, 3.05) is 13.1 Å². The Hall–Kier alpha value is -3.33. The fraction of sp³-hybridized carbons (Fsp3) is 0.360. The van der Waals surface area contributed by atoms with Gasteiger partial charge in [-0.25, -0.2) is 9.18 Å². The van der Waals surface area contributed by atoms with Crippen LogP contribution >= 0.6 is 0 Å². The molecular formula is C25H26FN3O2. The Morgan fingerprint density at radius 1 is 1.13 bits per heavy atom. The zero-order valence-corrected chi connectivity index (χ0v) is 18.1. The molecule has 6 heteroatoms. The lowest BCUT2D eigenvalue weighted by Gasteiger charge is -2.33. The number of carbonyl (C=O) groups is 1. The van der Waals surface area contributed by atoms with Gasteiger partial charge in [0.15, 0.2) is 0 Å². The first-order valence-corrected chi connectivity index (χ1v) is 10.5. The summed E-state index contributed by atoms with van der Waals surface area (Å²) in [4.78, 5) is 14.2. The molecule has 2 heterocycles. The average molecular weight is 420 g/mol. The van der Waals surface area contributed by atoms with Crippen molar-refractivity contribution < 1.29 is 13.9 Å². The number of nitrogens with zero attached hydrogens (tertiary/aromatic N) is 3. The molecule has 31 heavy (non-hydrogen) atoms. The van der Waals surface area contributed by atoms with Gasteiger partial charge < -0.3 is 14.2 Å². The lowest BCUT2D eigenvalue weighted by Crippen LogP contribution is -2.41. The van der Waals surface area contributed by atoms with Gasteiger partial charge in [0.1, 0.15) is 11.4 Å². The van der Waals surface area contributed by atoms with E-state index in [2.05, 4.69) is 12.3 Å². The van der Waals surface area contributed by atoms with E-state index < -0.39 is 5.60 Å². The number of aromatic nitrogens is 1. The van der Waals surface area contributed by atoms with Gasteiger partial charge in [0.2, 0.25) is 0 Å². The molecule has 1 aliphatic heterocycles. The highest BCUT2D eigenvalue weighted by molar-refractivity contribution is 5.87. The smallest absolute Gasteiger partial charge is 0.410 e. The number of carbonyl (C=O) groups excluding carboxylic acids is 1. The molecule has 3 aromatic rings. The second-order valence-electron chi connectivity index (χ2n) is 9.02. The van der Waals surface area contributed by atoms with E-state index >= 15 is 0 Å². The van der Waals surface area contributed by atoms with E-state index in [4.69, 9.17) is 4.74 Å². The minimum absolute atomic E-state index is 0.261. The third-order valence-electron chi connectivity index (χ3n) is 5.66. The molecule has 0 N–H and O–H groups in total. The first-order valence-electron chi connectivity index (χ1n) is 10.5. The third-order valence-corrected chi connectivity index (χ3v) is 5.66. The molecule has 0 radical (unpaired) electrons. The van der Waals surface area contributed by atoms with Gasteiger partial charge >= 0.3 is 6.09 Å². The van der Waals surface area contributed by atoms with Crippen LogP contribution in [0.25, 0.3) is 16.6 Å². The van der Waals surface area contributed by atoms with Crippen LogP contribution in [0.3, 0.4) is 0 Å². The van der Waals surface area contributed by atoms with Crippen LogP contribution in [-0.4, -0.2) is 34.3 Å². The van der Waals surface area contributed by atoms with Crippen molar-refractivity contribution in [3.8, 4) is 11.8 Å². The van der Waals surface area contributed by atoms with E-state index in [1.165, 1.54) is 12.1 Å². The summed E-state index contributed by atoms with van der Waals surface area (Å²) in [6, 6.07) is 14.3. The largest absolute Gasteiger partial charge is 0.444 e. The highest BCUT2D eigenvalue weighted by Gasteiger charge is 2.29. The van der Waals surface area contributed by atoms with Crippen LogP contribution in [0.4, 0.5) is 9.18 Å². The highest BCUT2D eigenvalue weighted by atomic mass is 19.1. The fourth-order valence-corrected chi connectivity index (χ4v) is 4.17. The molecule has 0 aliphatic carbocycles. The maximum atomic E-state index is 13.4. The first kappa shape index (κ1) is 20.9. The van der Waals surface area contributed by atoms with Gasteiger partial charge in [-0.15, -0.1) is 0 Å². The highest BCUT2D eigenvalue weighted by Crippen LogP contribution is 2.36. The summed E-state index contributed by atoms with van der Waals surface area (Å²) < 4.78 is 21.0. The summed E-state index contributed by atoms with van der Waals surface area (Å²) >= 11 is 0. The van der Waals surface area contributed by atoms with E-state index in [0.29, 0.717) is 18.7 Å². The van der Waals surface area contributed by atoms with E-state index in [-0.39, 0.29) is 17.8 Å². The molecule has 1 amide bonds. The van der Waals surface area contributed by atoms with Gasteiger partial charge in [-0.1, -0.05) is 0 Å². The van der Waals surface area contributed by atoms with Crippen molar-refractivity contribution in [3.05, 3.63) is 65.6 Å². The molecule has 5 nitrogen and oxygen atoms in total. The standard InChI is InChI=1S/C25H26FN3O2/c1-25(2,3)31-24(30)28-12-10-18(11-13-28)22-16-29(20-7-5-19(26)6-8-20)23-9-4-17(15-27)14-21(22)23/h4-9,14,16,18H,10-13H2,1-3H3. The number of rotatable bonds is 2. The minimum Gasteiger partial charge on any atom is -0.444 e. The van der Waals surface area contributed by atoms with Crippen molar-refractivity contribution in [2.24, 2.45) is 0 Å². The van der Waals surface area contributed by atoms with E-state index in [9.17, 15) is 14.4 Å². The zero-order valence-electron chi connectivity index (χ0n) is 18.1. The molecule has 1 saturated heterocycles. The number of benzene rings is 2. The van der Waals surface area contributed by atoms with Gasteiger partial charge in [-0.3, -0.25) is 0 Å². The number of hydrogen-bond donors (Lipinski definition) is 0. The summed E-state index contributed by atoms with van der Waals surface area (Å²) in [6.45, 7) is 6.86. The second kappa shape index (κ2) is 8.07. The Labute approximate surface area is 181 Å². The molecule has 1 aromatic heterocycles. The SMILES string of the molecule is CC(C)(C)OC(=O)N1CCC(c2cn(-c3ccc(F)cc3)c3ccc(C#N)cc23)CC1. The summed E-state index contributed by atoms with van der Waals surface area (Å²) in [7, 11) is 0. The summed E-state index contributed by atoms with van der Waals surface area (Å²) in [6.07, 6.45) is 3.45. The molecular weight excluding hydrogens is 393 g/mol. The summed E-state index contributed by atoms with van der Waals surface area (Å²) in [5, 5.41) is 10.4. The molecule has 1 fully saturated rings. The Morgan fingerprint density at radius 3 is 2.42 bits per heavy atom. The Morgan fingerprint density at radius 2 is 1.81 bits per heavy atom. The van der Waals surface area contributed by atoms with Crippen LogP contribution in [0, 0.1) is 17.1 Å². The van der Waals surface area contributed by atoms with Gasteiger partial charge in [-0.05, 0) is 87.6 Å². The number of amides is 1. The van der Waals surface area contributed by atoms with Crippen LogP contribution in [0.1, 0.15) is 50.7 Å². The monoisotopic (exact) mass is 419 g/mol. The van der Waals surface area contributed by atoms with Crippen LogP contribution in [0.15, 0.2) is 48.7 Å². The van der Waals surface area contributed by atoms with Gasteiger partial charge in [0.25, 0.3) is 0 Å². The quantitative estimate of drug-likeness (QED) is 0.531. The van der Waals surface area contributed by atoms with Crippen molar-refractivity contribution in [1.82, 2.24) is 9.47 Å². The predicted octanol–water partition coefficient (Wildman–Crippen LogP) is 5.76. The number of fused-ring (bicyclic) bond motifs is 1. The second-order valence-corrected chi connectivity index (χ2v) is 9.02. The number of hydrogen-bond acceptors (Lipinski definition) is 3. The molecule has 0 spiro atoms. The number of piperidine rings is 1. The molecule has 0 saturated carbocycles.